The van der Waals surface area contributed by atoms with Crippen molar-refractivity contribution in [1.29, 1.82) is 0 Å². The maximum absolute atomic E-state index is 10.8. The largest absolute Gasteiger partial charge is 0.465 e. The van der Waals surface area contributed by atoms with Crippen LogP contribution >= 0.6 is 15.9 Å². The van der Waals surface area contributed by atoms with Crippen molar-refractivity contribution < 1.29 is 19.7 Å². The van der Waals surface area contributed by atoms with Gasteiger partial charge in [0.2, 0.25) is 0 Å². The molecule has 0 bridgehead atoms. The molecule has 3 rings (SSSR count). The molecule has 1 aliphatic heterocycles. The Morgan fingerprint density at radius 1 is 1.03 bits per heavy atom. The maximum Gasteiger partial charge on any atom is 0.407 e. The Morgan fingerprint density at radius 3 is 2.03 bits per heavy atom. The van der Waals surface area contributed by atoms with Crippen molar-refractivity contribution in [1.82, 2.24) is 4.90 Å². The van der Waals surface area contributed by atoms with E-state index in [9.17, 15) is 25.0 Å². The summed E-state index contributed by atoms with van der Waals surface area (Å²) in [6.07, 6.45) is 1.58. The van der Waals surface area contributed by atoms with Crippen LogP contribution in [0.2, 0.25) is 0 Å². The van der Waals surface area contributed by atoms with Crippen molar-refractivity contribution in [2.24, 2.45) is 0 Å². The lowest BCUT2D eigenvalue weighted by atomic mass is 9.95. The molecule has 2 aromatic carbocycles. The number of halogens is 1. The molecule has 1 aliphatic rings. The molecule has 2 aromatic rings. The van der Waals surface area contributed by atoms with Gasteiger partial charge in [-0.05, 0) is 54.7 Å². The highest BCUT2D eigenvalue weighted by atomic mass is 79.9. The van der Waals surface area contributed by atoms with Gasteiger partial charge in [0.05, 0.1) is 9.85 Å². The summed E-state index contributed by atoms with van der Waals surface area (Å²) < 4.78 is 0.892. The number of nitrogens with zero attached hydrogens (tertiary/aromatic N) is 3. The number of amides is 1. The quantitative estimate of drug-likeness (QED) is 0.469. The van der Waals surface area contributed by atoms with Gasteiger partial charge in [0.1, 0.15) is 0 Å². The van der Waals surface area contributed by atoms with Crippen LogP contribution in [0, 0.1) is 34.1 Å². The predicted octanol–water partition coefficient (Wildman–Crippen LogP) is 5.34. The van der Waals surface area contributed by atoms with E-state index >= 15 is 0 Å². The number of hydrogen-bond acceptors (Lipinski definition) is 5. The van der Waals surface area contributed by atoms with Crippen molar-refractivity contribution >= 4 is 39.0 Å². The maximum atomic E-state index is 10.8. The second-order valence-corrected chi connectivity index (χ2v) is 7.51. The number of nitro groups is 2. The Labute approximate surface area is 181 Å². The summed E-state index contributed by atoms with van der Waals surface area (Å²) in [5.41, 5.74) is 3.92. The van der Waals surface area contributed by atoms with Crippen LogP contribution in [0.4, 0.5) is 16.2 Å². The zero-order valence-electron chi connectivity index (χ0n) is 16.4. The molecule has 0 unspecified atom stereocenters. The van der Waals surface area contributed by atoms with E-state index < -0.39 is 15.9 Å². The zero-order valence-corrected chi connectivity index (χ0v) is 18.0. The predicted molar refractivity (Wildman–Crippen MR) is 116 cm³/mol. The third-order valence-corrected chi connectivity index (χ3v) is 5.49. The number of rotatable bonds is 3. The van der Waals surface area contributed by atoms with E-state index in [0.717, 1.165) is 26.7 Å². The third kappa shape index (κ3) is 5.86. The average molecular weight is 478 g/mol. The van der Waals surface area contributed by atoms with E-state index in [-0.39, 0.29) is 11.4 Å². The van der Waals surface area contributed by atoms with Gasteiger partial charge in [-0.25, -0.2) is 4.79 Å². The van der Waals surface area contributed by atoms with Gasteiger partial charge < -0.3 is 10.0 Å². The summed E-state index contributed by atoms with van der Waals surface area (Å²) >= 11 is 3.26. The van der Waals surface area contributed by atoms with Crippen LogP contribution in [0.25, 0.3) is 5.57 Å². The number of benzene rings is 2. The number of carbonyl (C=O) groups is 1. The summed E-state index contributed by atoms with van der Waals surface area (Å²) in [5.74, 6) is 0. The van der Waals surface area contributed by atoms with Gasteiger partial charge in [0.25, 0.3) is 11.4 Å². The van der Waals surface area contributed by atoms with Crippen molar-refractivity contribution in [2.75, 3.05) is 13.1 Å². The molecule has 0 aromatic heterocycles. The SMILES string of the molecule is Cc1cc([N+](=O)[O-])ccc1Br.Cc1cc([N+](=O)[O-])ccc1C1=CCN(C(=O)O)CC1. The minimum atomic E-state index is -0.921. The normalized spacial score (nSPS) is 13.0. The highest BCUT2D eigenvalue weighted by Crippen LogP contribution is 2.27. The molecule has 0 radical (unpaired) electrons. The highest BCUT2D eigenvalue weighted by Gasteiger charge is 2.18. The van der Waals surface area contributed by atoms with E-state index in [0.29, 0.717) is 19.5 Å². The molecule has 158 valence electrons. The molecule has 0 fully saturated rings. The first-order chi connectivity index (χ1) is 14.1. The highest BCUT2D eigenvalue weighted by molar-refractivity contribution is 9.10. The van der Waals surface area contributed by atoms with E-state index in [1.165, 1.54) is 23.1 Å². The number of aryl methyl sites for hydroxylation is 2. The topological polar surface area (TPSA) is 127 Å². The van der Waals surface area contributed by atoms with Gasteiger partial charge in [0.15, 0.2) is 0 Å². The number of nitro benzene ring substituents is 2. The van der Waals surface area contributed by atoms with E-state index in [4.69, 9.17) is 5.11 Å². The number of non-ortho nitro benzene ring substituents is 2. The van der Waals surface area contributed by atoms with Gasteiger partial charge in [-0.3, -0.25) is 20.2 Å². The van der Waals surface area contributed by atoms with Crippen LogP contribution in [0.1, 0.15) is 23.1 Å². The zero-order chi connectivity index (χ0) is 22.4. The summed E-state index contributed by atoms with van der Waals surface area (Å²) in [7, 11) is 0. The second kappa shape index (κ2) is 9.97. The summed E-state index contributed by atoms with van der Waals surface area (Å²) in [6.45, 7) is 4.46. The Bertz CT molecular complexity index is 1020. The first kappa shape index (κ1) is 23.0. The van der Waals surface area contributed by atoms with Crippen LogP contribution < -0.4 is 0 Å². The van der Waals surface area contributed by atoms with Gasteiger partial charge >= 0.3 is 6.09 Å². The van der Waals surface area contributed by atoms with Crippen LogP contribution in [0.15, 0.2) is 46.9 Å². The average Bonchev–Trinajstić information content (AvgIpc) is 2.70. The summed E-state index contributed by atoms with van der Waals surface area (Å²) in [4.78, 5) is 32.3. The lowest BCUT2D eigenvalue weighted by Crippen LogP contribution is -2.33. The Balaban J connectivity index is 0.000000248. The molecule has 1 N–H and O–H groups in total. The van der Waals surface area contributed by atoms with E-state index in [2.05, 4.69) is 15.9 Å². The first-order valence-electron chi connectivity index (χ1n) is 8.93. The van der Waals surface area contributed by atoms with Gasteiger partial charge in [-0.2, -0.15) is 0 Å². The summed E-state index contributed by atoms with van der Waals surface area (Å²) in [6, 6.07) is 9.43. The molecule has 0 spiro atoms. The van der Waals surface area contributed by atoms with Gasteiger partial charge in [-0.1, -0.05) is 22.0 Å². The van der Waals surface area contributed by atoms with Crippen LogP contribution in [-0.4, -0.2) is 39.0 Å². The summed E-state index contributed by atoms with van der Waals surface area (Å²) in [5, 5.41) is 29.8. The fourth-order valence-electron chi connectivity index (χ4n) is 2.95. The van der Waals surface area contributed by atoms with E-state index in [1.807, 2.05) is 19.9 Å². The monoisotopic (exact) mass is 477 g/mol. The molecule has 10 heteroatoms. The van der Waals surface area contributed by atoms with E-state index in [1.54, 1.807) is 18.2 Å². The Hall–Kier alpha value is -3.27. The van der Waals surface area contributed by atoms with Gasteiger partial charge in [-0.15, -0.1) is 0 Å². The molecule has 0 saturated heterocycles. The molecule has 0 saturated carbocycles. The molecule has 1 amide bonds. The van der Waals surface area contributed by atoms with Gasteiger partial charge in [0, 0.05) is 41.8 Å². The molecule has 1 heterocycles. The lowest BCUT2D eigenvalue weighted by Gasteiger charge is -2.24. The Morgan fingerprint density at radius 2 is 1.60 bits per heavy atom. The number of carboxylic acid groups (broad SMARTS) is 1. The minimum Gasteiger partial charge on any atom is -0.465 e. The fourth-order valence-corrected chi connectivity index (χ4v) is 3.20. The van der Waals surface area contributed by atoms with Crippen molar-refractivity contribution in [3.8, 4) is 0 Å². The second-order valence-electron chi connectivity index (χ2n) is 6.65. The minimum absolute atomic E-state index is 0.0739. The standard InChI is InChI=1S/C13H14N2O4.C7H6BrNO2/c1-9-8-11(15(18)19)2-3-12(9)10-4-6-14(7-5-10)13(16)17;1-5-4-6(9(10)11)2-3-7(5)8/h2-4,8H,5-7H2,1H3,(H,16,17);2-4H,1H3. The van der Waals surface area contributed by atoms with Crippen LogP contribution in [0.3, 0.4) is 0 Å². The molecule has 0 aliphatic carbocycles. The first-order valence-corrected chi connectivity index (χ1v) is 9.72. The smallest absolute Gasteiger partial charge is 0.407 e. The fraction of sp³-hybridized carbons (Fsp3) is 0.250. The van der Waals surface area contributed by atoms with Crippen molar-refractivity contribution in [3.05, 3.63) is 83.9 Å². The van der Waals surface area contributed by atoms with Crippen molar-refractivity contribution in [2.45, 2.75) is 20.3 Å². The third-order valence-electron chi connectivity index (χ3n) is 4.60. The molecule has 30 heavy (non-hydrogen) atoms. The van der Waals surface area contributed by atoms with Crippen LogP contribution in [0.5, 0.6) is 0 Å². The van der Waals surface area contributed by atoms with Crippen molar-refractivity contribution in [3.63, 3.8) is 0 Å². The Kier molecular flexibility index (Phi) is 7.65. The lowest BCUT2D eigenvalue weighted by molar-refractivity contribution is -0.385. The molecular weight excluding hydrogens is 458 g/mol. The number of hydrogen-bond donors (Lipinski definition) is 1. The molecule has 9 nitrogen and oxygen atoms in total. The molecule has 0 atom stereocenters. The van der Waals surface area contributed by atoms with Crippen LogP contribution in [-0.2, 0) is 0 Å². The molecular formula is C20H20BrN3O6.